The quantitative estimate of drug-likeness (QED) is 0.819. The topological polar surface area (TPSA) is 40.6 Å². The fraction of sp³-hybridized carbons (Fsp3) is 0.652. The molecule has 4 rings (SSSR count). The summed E-state index contributed by atoms with van der Waals surface area (Å²) in [6.07, 6.45) is 5.92. The molecule has 2 aliphatic heterocycles. The average Bonchev–Trinajstić information content (AvgIpc) is 3.49. The Balaban J connectivity index is 1.36. The molecule has 2 heterocycles. The van der Waals surface area contributed by atoms with Gasteiger partial charge < -0.3 is 9.80 Å². The molecule has 1 saturated carbocycles. The van der Waals surface area contributed by atoms with E-state index in [-0.39, 0.29) is 17.2 Å². The predicted molar refractivity (Wildman–Crippen MR) is 106 cm³/mol. The lowest BCUT2D eigenvalue weighted by molar-refractivity contribution is -0.143. The zero-order valence-corrected chi connectivity index (χ0v) is 16.7. The van der Waals surface area contributed by atoms with Crippen molar-refractivity contribution in [1.29, 1.82) is 0 Å². The van der Waals surface area contributed by atoms with Gasteiger partial charge >= 0.3 is 0 Å². The summed E-state index contributed by atoms with van der Waals surface area (Å²) >= 11 is 0. The molecular formula is C23H32N2O2. The first-order valence-corrected chi connectivity index (χ1v) is 10.6. The van der Waals surface area contributed by atoms with Crippen LogP contribution in [-0.4, -0.2) is 47.8 Å². The Morgan fingerprint density at radius 1 is 1.04 bits per heavy atom. The average molecular weight is 369 g/mol. The van der Waals surface area contributed by atoms with E-state index in [9.17, 15) is 9.59 Å². The number of rotatable bonds is 3. The van der Waals surface area contributed by atoms with Crippen molar-refractivity contribution in [2.45, 2.75) is 57.8 Å². The van der Waals surface area contributed by atoms with E-state index in [0.717, 1.165) is 58.3 Å². The smallest absolute Gasteiger partial charge is 0.233 e. The lowest BCUT2D eigenvalue weighted by atomic mass is 9.89. The largest absolute Gasteiger partial charge is 0.342 e. The summed E-state index contributed by atoms with van der Waals surface area (Å²) in [5.74, 6) is 1.33. The maximum atomic E-state index is 13.2. The van der Waals surface area contributed by atoms with Gasteiger partial charge in [0, 0.05) is 32.1 Å². The molecule has 0 unspecified atom stereocenters. The van der Waals surface area contributed by atoms with Crippen molar-refractivity contribution in [2.75, 3.05) is 26.2 Å². The molecule has 4 nitrogen and oxygen atoms in total. The molecule has 0 radical (unpaired) electrons. The molecule has 1 aliphatic carbocycles. The number of amides is 2. The van der Waals surface area contributed by atoms with Crippen molar-refractivity contribution >= 4 is 11.8 Å². The number of carbonyl (C=O) groups excluding carboxylic acids is 2. The second kappa shape index (κ2) is 7.29. The van der Waals surface area contributed by atoms with Crippen molar-refractivity contribution in [2.24, 2.45) is 11.8 Å². The molecule has 3 fully saturated rings. The molecular weight excluding hydrogens is 336 g/mol. The third-order valence-corrected chi connectivity index (χ3v) is 6.83. The van der Waals surface area contributed by atoms with Gasteiger partial charge in [-0.25, -0.2) is 0 Å². The first kappa shape index (κ1) is 18.5. The van der Waals surface area contributed by atoms with Crippen LogP contribution in [0.5, 0.6) is 0 Å². The number of nitrogens with zero attached hydrogens (tertiary/aromatic N) is 2. The summed E-state index contributed by atoms with van der Waals surface area (Å²) in [5.41, 5.74) is 2.10. The van der Waals surface area contributed by atoms with E-state index in [0.29, 0.717) is 11.8 Å². The molecule has 0 bridgehead atoms. The molecule has 1 atom stereocenters. The van der Waals surface area contributed by atoms with Crippen LogP contribution in [-0.2, 0) is 15.0 Å². The molecule has 2 amide bonds. The van der Waals surface area contributed by atoms with Gasteiger partial charge in [0.25, 0.3) is 0 Å². The van der Waals surface area contributed by atoms with Crippen molar-refractivity contribution in [1.82, 2.24) is 9.80 Å². The Morgan fingerprint density at radius 3 is 2.41 bits per heavy atom. The van der Waals surface area contributed by atoms with E-state index in [2.05, 4.69) is 43.0 Å². The van der Waals surface area contributed by atoms with Gasteiger partial charge in [-0.1, -0.05) is 36.8 Å². The van der Waals surface area contributed by atoms with Crippen molar-refractivity contribution in [3.05, 3.63) is 35.4 Å². The Hall–Kier alpha value is -1.84. The molecule has 0 N–H and O–H groups in total. The molecule has 1 aromatic carbocycles. The highest BCUT2D eigenvalue weighted by atomic mass is 16.2. The first-order valence-electron chi connectivity index (χ1n) is 10.6. The number of likely N-dealkylation sites (tertiary alicyclic amines) is 2. The van der Waals surface area contributed by atoms with Crippen molar-refractivity contribution in [3.63, 3.8) is 0 Å². The van der Waals surface area contributed by atoms with E-state index in [1.807, 2.05) is 4.90 Å². The van der Waals surface area contributed by atoms with E-state index < -0.39 is 0 Å². The summed E-state index contributed by atoms with van der Waals surface area (Å²) in [7, 11) is 0. The Labute approximate surface area is 162 Å². The lowest BCUT2D eigenvalue weighted by Crippen LogP contribution is -2.48. The molecule has 3 aliphatic rings. The molecule has 4 heteroatoms. The summed E-state index contributed by atoms with van der Waals surface area (Å²) < 4.78 is 0. The SMILES string of the molecule is Cc1cccc(C2(C(=O)N3CCC(C(=O)N4CCC[C@H](C)C4)CC3)CC2)c1. The van der Waals surface area contributed by atoms with E-state index in [4.69, 9.17) is 0 Å². The van der Waals surface area contributed by atoms with Gasteiger partial charge in [-0.05, 0) is 56.9 Å². The maximum Gasteiger partial charge on any atom is 0.233 e. The van der Waals surface area contributed by atoms with E-state index in [1.54, 1.807) is 0 Å². The van der Waals surface area contributed by atoms with Crippen LogP contribution >= 0.6 is 0 Å². The van der Waals surface area contributed by atoms with Gasteiger partial charge in [0.1, 0.15) is 0 Å². The number of hydrogen-bond donors (Lipinski definition) is 0. The summed E-state index contributed by atoms with van der Waals surface area (Å²) in [4.78, 5) is 30.2. The van der Waals surface area contributed by atoms with Crippen LogP contribution in [0.1, 0.15) is 56.6 Å². The van der Waals surface area contributed by atoms with Crippen LogP contribution in [0.2, 0.25) is 0 Å². The minimum absolute atomic E-state index is 0.105. The van der Waals surface area contributed by atoms with Crippen molar-refractivity contribution < 1.29 is 9.59 Å². The highest BCUT2D eigenvalue weighted by Crippen LogP contribution is 2.50. The van der Waals surface area contributed by atoms with Gasteiger partial charge in [0.05, 0.1) is 5.41 Å². The monoisotopic (exact) mass is 368 g/mol. The van der Waals surface area contributed by atoms with Gasteiger partial charge in [-0.2, -0.15) is 0 Å². The predicted octanol–water partition coefficient (Wildman–Crippen LogP) is 3.52. The normalized spacial score (nSPS) is 25.3. The second-order valence-electron chi connectivity index (χ2n) is 9.05. The zero-order chi connectivity index (χ0) is 19.0. The Kier molecular flexibility index (Phi) is 5.00. The third-order valence-electron chi connectivity index (χ3n) is 6.83. The van der Waals surface area contributed by atoms with Crippen LogP contribution in [0.15, 0.2) is 24.3 Å². The van der Waals surface area contributed by atoms with Gasteiger partial charge in [0.15, 0.2) is 0 Å². The number of carbonyl (C=O) groups is 2. The molecule has 146 valence electrons. The second-order valence-corrected chi connectivity index (χ2v) is 9.05. The minimum Gasteiger partial charge on any atom is -0.342 e. The van der Waals surface area contributed by atoms with Crippen LogP contribution in [0.4, 0.5) is 0 Å². The van der Waals surface area contributed by atoms with Crippen LogP contribution in [0, 0.1) is 18.8 Å². The molecule has 2 saturated heterocycles. The number of aryl methyl sites for hydroxylation is 1. The minimum atomic E-state index is -0.287. The zero-order valence-electron chi connectivity index (χ0n) is 16.7. The summed E-state index contributed by atoms with van der Waals surface area (Å²) in [6, 6.07) is 8.41. The molecule has 1 aromatic rings. The highest BCUT2D eigenvalue weighted by Gasteiger charge is 2.53. The molecule has 27 heavy (non-hydrogen) atoms. The maximum absolute atomic E-state index is 13.2. The van der Waals surface area contributed by atoms with Crippen LogP contribution < -0.4 is 0 Å². The summed E-state index contributed by atoms with van der Waals surface area (Å²) in [5, 5.41) is 0. The number of piperidine rings is 2. The Morgan fingerprint density at radius 2 is 1.78 bits per heavy atom. The van der Waals surface area contributed by atoms with E-state index in [1.165, 1.54) is 17.5 Å². The molecule has 0 aromatic heterocycles. The fourth-order valence-electron chi connectivity index (χ4n) is 4.97. The van der Waals surface area contributed by atoms with Gasteiger partial charge in [-0.15, -0.1) is 0 Å². The lowest BCUT2D eigenvalue weighted by Gasteiger charge is -2.38. The molecule has 0 spiro atoms. The highest BCUT2D eigenvalue weighted by molar-refractivity contribution is 5.91. The van der Waals surface area contributed by atoms with Crippen molar-refractivity contribution in [3.8, 4) is 0 Å². The third kappa shape index (κ3) is 3.63. The van der Waals surface area contributed by atoms with Gasteiger partial charge in [0.2, 0.25) is 11.8 Å². The standard InChI is InChI=1S/C23H32N2O2/c1-17-5-3-7-20(15-17)23(10-11-23)22(27)24-13-8-19(9-14-24)21(26)25-12-4-6-18(2)16-25/h3,5,7,15,18-19H,4,6,8-14,16H2,1-2H3/t18-/m0/s1. The fourth-order valence-corrected chi connectivity index (χ4v) is 4.97. The summed E-state index contributed by atoms with van der Waals surface area (Å²) in [6.45, 7) is 7.61. The van der Waals surface area contributed by atoms with E-state index >= 15 is 0 Å². The van der Waals surface area contributed by atoms with Gasteiger partial charge in [-0.3, -0.25) is 9.59 Å². The first-order chi connectivity index (χ1) is 13.0. The number of hydrogen-bond acceptors (Lipinski definition) is 2. The Bertz CT molecular complexity index is 717. The van der Waals surface area contributed by atoms with Crippen LogP contribution in [0.25, 0.3) is 0 Å². The number of benzene rings is 1. The van der Waals surface area contributed by atoms with Crippen LogP contribution in [0.3, 0.4) is 0 Å².